The van der Waals surface area contributed by atoms with Gasteiger partial charge < -0.3 is 10.3 Å². The Morgan fingerprint density at radius 2 is 2.10 bits per heavy atom. The zero-order chi connectivity index (χ0) is 14.8. The Morgan fingerprint density at radius 1 is 1.35 bits per heavy atom. The van der Waals surface area contributed by atoms with Gasteiger partial charge in [0.05, 0.1) is 17.1 Å². The van der Waals surface area contributed by atoms with Crippen LogP contribution < -0.4 is 10.5 Å². The number of benzene rings is 1. The van der Waals surface area contributed by atoms with E-state index in [4.69, 9.17) is 10.3 Å². The number of aromatic nitrogens is 1. The van der Waals surface area contributed by atoms with E-state index in [1.54, 1.807) is 32.0 Å². The second kappa shape index (κ2) is 5.74. The molecule has 0 aliphatic rings. The molecule has 1 aromatic heterocycles. The highest BCUT2D eigenvalue weighted by molar-refractivity contribution is 7.89. The molecule has 0 amide bonds. The van der Waals surface area contributed by atoms with Gasteiger partial charge in [0.2, 0.25) is 10.0 Å². The van der Waals surface area contributed by atoms with E-state index in [1.165, 1.54) is 0 Å². The Hall–Kier alpha value is -1.70. The fraction of sp³-hybridized carbons (Fsp3) is 0.308. The highest BCUT2D eigenvalue weighted by atomic mass is 32.2. The zero-order valence-electron chi connectivity index (χ0n) is 11.4. The van der Waals surface area contributed by atoms with Gasteiger partial charge >= 0.3 is 0 Å². The van der Waals surface area contributed by atoms with E-state index >= 15 is 0 Å². The molecule has 7 heteroatoms. The van der Waals surface area contributed by atoms with E-state index in [0.717, 1.165) is 5.56 Å². The maximum Gasteiger partial charge on any atom is 0.241 e. The van der Waals surface area contributed by atoms with Gasteiger partial charge in [-0.25, -0.2) is 13.1 Å². The molecule has 0 atom stereocenters. The number of sulfonamides is 1. The van der Waals surface area contributed by atoms with Crippen LogP contribution in [0.4, 0.5) is 0 Å². The van der Waals surface area contributed by atoms with Gasteiger partial charge in [-0.15, -0.1) is 0 Å². The van der Waals surface area contributed by atoms with Crippen molar-refractivity contribution in [1.29, 1.82) is 0 Å². The highest BCUT2D eigenvalue weighted by Gasteiger charge is 2.18. The van der Waals surface area contributed by atoms with Crippen LogP contribution in [0.2, 0.25) is 0 Å². The molecule has 6 nitrogen and oxygen atoms in total. The molecule has 0 saturated carbocycles. The number of hydrogen-bond donors (Lipinski definition) is 2. The molecule has 2 aromatic rings. The van der Waals surface area contributed by atoms with Crippen LogP contribution in [-0.4, -0.2) is 13.6 Å². The minimum Gasteiger partial charge on any atom is -0.360 e. The molecule has 0 spiro atoms. The summed E-state index contributed by atoms with van der Waals surface area (Å²) in [6.07, 6.45) is 0. The van der Waals surface area contributed by atoms with E-state index in [2.05, 4.69) is 9.88 Å². The maximum absolute atomic E-state index is 12.3. The lowest BCUT2D eigenvalue weighted by Gasteiger charge is -2.11. The molecule has 0 fully saturated rings. The number of nitrogens with one attached hydrogen (secondary N) is 1. The van der Waals surface area contributed by atoms with Gasteiger partial charge in [0, 0.05) is 12.6 Å². The van der Waals surface area contributed by atoms with Crippen LogP contribution in [0, 0.1) is 13.8 Å². The van der Waals surface area contributed by atoms with Gasteiger partial charge in [0.15, 0.2) is 5.76 Å². The van der Waals surface area contributed by atoms with Crippen molar-refractivity contribution in [1.82, 2.24) is 9.88 Å². The van der Waals surface area contributed by atoms with Crippen molar-refractivity contribution in [3.63, 3.8) is 0 Å². The predicted octanol–water partition coefficient (Wildman–Crippen LogP) is 1.23. The summed E-state index contributed by atoms with van der Waals surface area (Å²) >= 11 is 0. The summed E-state index contributed by atoms with van der Waals surface area (Å²) in [6.45, 7) is 3.89. The van der Waals surface area contributed by atoms with Crippen LogP contribution in [-0.2, 0) is 23.1 Å². The summed E-state index contributed by atoms with van der Waals surface area (Å²) in [5, 5.41) is 3.71. The highest BCUT2D eigenvalue weighted by Crippen LogP contribution is 2.18. The Balaban J connectivity index is 2.22. The summed E-state index contributed by atoms with van der Waals surface area (Å²) in [4.78, 5) is 0.233. The first-order chi connectivity index (χ1) is 9.44. The smallest absolute Gasteiger partial charge is 0.241 e. The summed E-state index contributed by atoms with van der Waals surface area (Å²) in [6, 6.07) is 6.74. The first-order valence-corrected chi connectivity index (χ1v) is 7.63. The monoisotopic (exact) mass is 295 g/mol. The van der Waals surface area contributed by atoms with E-state index in [9.17, 15) is 8.42 Å². The second-order valence-corrected chi connectivity index (χ2v) is 6.24. The molecule has 0 aliphatic heterocycles. The molecule has 1 heterocycles. The van der Waals surface area contributed by atoms with Crippen LogP contribution in [0.15, 0.2) is 33.7 Å². The maximum atomic E-state index is 12.3. The molecule has 0 radical (unpaired) electrons. The van der Waals surface area contributed by atoms with Crippen molar-refractivity contribution in [3.05, 3.63) is 46.8 Å². The quantitative estimate of drug-likeness (QED) is 0.864. The molecular weight excluding hydrogens is 278 g/mol. The average Bonchev–Trinajstić information content (AvgIpc) is 2.82. The van der Waals surface area contributed by atoms with E-state index in [0.29, 0.717) is 23.6 Å². The summed E-state index contributed by atoms with van der Waals surface area (Å²) in [5.41, 5.74) is 7.77. The normalized spacial score (nSPS) is 11.8. The van der Waals surface area contributed by atoms with Crippen molar-refractivity contribution in [2.75, 3.05) is 0 Å². The molecule has 0 unspecified atom stereocenters. The number of nitrogens with zero attached hydrogens (tertiary/aromatic N) is 1. The van der Waals surface area contributed by atoms with Crippen LogP contribution in [0.3, 0.4) is 0 Å². The van der Waals surface area contributed by atoms with Gasteiger partial charge in [-0.05, 0) is 31.0 Å². The van der Waals surface area contributed by atoms with Gasteiger partial charge in [0.1, 0.15) is 0 Å². The Kier molecular flexibility index (Phi) is 4.22. The molecule has 0 saturated heterocycles. The van der Waals surface area contributed by atoms with Crippen LogP contribution in [0.1, 0.15) is 22.6 Å². The van der Waals surface area contributed by atoms with E-state index < -0.39 is 10.0 Å². The third-order valence-electron chi connectivity index (χ3n) is 3.02. The number of hydrogen-bond acceptors (Lipinski definition) is 5. The van der Waals surface area contributed by atoms with Crippen LogP contribution in [0.25, 0.3) is 0 Å². The summed E-state index contributed by atoms with van der Waals surface area (Å²) in [5.74, 6) is 0.471. The SMILES string of the molecule is Cc1cc(CNS(=O)(=O)c2cccc(CN)c2C)on1. The summed E-state index contributed by atoms with van der Waals surface area (Å²) < 4.78 is 32.0. The van der Waals surface area contributed by atoms with E-state index in [-0.39, 0.29) is 11.4 Å². The Bertz CT molecular complexity index is 707. The molecular formula is C13H17N3O3S. The minimum absolute atomic E-state index is 0.0649. The number of rotatable bonds is 5. The second-order valence-electron chi connectivity index (χ2n) is 4.50. The largest absolute Gasteiger partial charge is 0.360 e. The van der Waals surface area contributed by atoms with Gasteiger partial charge in [-0.3, -0.25) is 0 Å². The lowest BCUT2D eigenvalue weighted by Crippen LogP contribution is -2.24. The first-order valence-electron chi connectivity index (χ1n) is 6.14. The molecule has 3 N–H and O–H groups in total. The van der Waals surface area contributed by atoms with E-state index in [1.807, 2.05) is 6.07 Å². The lowest BCUT2D eigenvalue weighted by molar-refractivity contribution is 0.377. The lowest BCUT2D eigenvalue weighted by atomic mass is 10.1. The third-order valence-corrected chi connectivity index (χ3v) is 4.56. The first kappa shape index (κ1) is 14.7. The molecule has 0 bridgehead atoms. The molecule has 108 valence electrons. The number of nitrogens with two attached hydrogens (primary N) is 1. The minimum atomic E-state index is -3.61. The van der Waals surface area contributed by atoms with Gasteiger partial charge in [-0.1, -0.05) is 17.3 Å². The van der Waals surface area contributed by atoms with Crippen molar-refractivity contribution >= 4 is 10.0 Å². The predicted molar refractivity (Wildman–Crippen MR) is 74.3 cm³/mol. The van der Waals surface area contributed by atoms with Crippen LogP contribution >= 0.6 is 0 Å². The van der Waals surface area contributed by atoms with Crippen LogP contribution in [0.5, 0.6) is 0 Å². The molecule has 20 heavy (non-hydrogen) atoms. The Morgan fingerprint density at radius 3 is 2.70 bits per heavy atom. The van der Waals surface area contributed by atoms with Crippen molar-refractivity contribution < 1.29 is 12.9 Å². The van der Waals surface area contributed by atoms with Crippen molar-refractivity contribution in [3.8, 4) is 0 Å². The third kappa shape index (κ3) is 3.06. The Labute approximate surface area is 118 Å². The molecule has 1 aromatic carbocycles. The molecule has 0 aliphatic carbocycles. The molecule has 2 rings (SSSR count). The fourth-order valence-corrected chi connectivity index (χ4v) is 3.20. The zero-order valence-corrected chi connectivity index (χ0v) is 12.2. The standard InChI is InChI=1S/C13H17N3O3S/c1-9-6-12(19-16-9)8-15-20(17,18)13-5-3-4-11(7-14)10(13)2/h3-6,15H,7-8,14H2,1-2H3. The number of aryl methyl sites for hydroxylation is 1. The average molecular weight is 295 g/mol. The van der Waals surface area contributed by atoms with Gasteiger partial charge in [0.25, 0.3) is 0 Å². The fourth-order valence-electron chi connectivity index (χ4n) is 1.92. The van der Waals surface area contributed by atoms with Gasteiger partial charge in [-0.2, -0.15) is 0 Å². The van der Waals surface area contributed by atoms with Crippen molar-refractivity contribution in [2.45, 2.75) is 31.8 Å². The topological polar surface area (TPSA) is 98.2 Å². The van der Waals surface area contributed by atoms with Crippen molar-refractivity contribution in [2.24, 2.45) is 5.73 Å². The summed E-state index contributed by atoms with van der Waals surface area (Å²) in [7, 11) is -3.61.